The molecule has 0 amide bonds. The largest absolute Gasteiger partial charge is 0.459 e. The standard InChI is InChI=1S/C15H20O3/c1-12(15(17)10-6-3-7-11-15)14(16)18-13-8-4-2-5-9-13/h3,6-7,10,13,17H,1-2,4-5,8-9,11H2. The van der Waals surface area contributed by atoms with E-state index in [0.717, 1.165) is 25.7 Å². The Morgan fingerprint density at radius 1 is 1.28 bits per heavy atom. The number of allylic oxidation sites excluding steroid dienone is 2. The van der Waals surface area contributed by atoms with Crippen molar-refractivity contribution in [2.24, 2.45) is 0 Å². The second-order valence-electron chi connectivity index (χ2n) is 5.06. The summed E-state index contributed by atoms with van der Waals surface area (Å²) in [6.07, 6.45) is 12.6. The molecule has 0 saturated heterocycles. The lowest BCUT2D eigenvalue weighted by atomic mass is 9.88. The van der Waals surface area contributed by atoms with Crippen LogP contribution in [0.15, 0.2) is 36.5 Å². The molecule has 1 unspecified atom stereocenters. The normalized spacial score (nSPS) is 28.1. The zero-order valence-corrected chi connectivity index (χ0v) is 10.6. The number of ether oxygens (including phenoxy) is 1. The van der Waals surface area contributed by atoms with E-state index in [1.54, 1.807) is 12.2 Å². The van der Waals surface area contributed by atoms with Gasteiger partial charge in [-0.1, -0.05) is 31.2 Å². The van der Waals surface area contributed by atoms with Crippen molar-refractivity contribution in [3.8, 4) is 0 Å². The molecule has 0 aromatic heterocycles. The van der Waals surface area contributed by atoms with Crippen molar-refractivity contribution in [1.29, 1.82) is 0 Å². The number of carbonyl (C=O) groups is 1. The summed E-state index contributed by atoms with van der Waals surface area (Å²) in [7, 11) is 0. The molecular weight excluding hydrogens is 228 g/mol. The van der Waals surface area contributed by atoms with E-state index in [4.69, 9.17) is 4.74 Å². The average Bonchev–Trinajstić information content (AvgIpc) is 2.40. The molecule has 2 aliphatic rings. The molecule has 98 valence electrons. The zero-order valence-electron chi connectivity index (χ0n) is 10.6. The molecule has 0 bridgehead atoms. The van der Waals surface area contributed by atoms with Crippen molar-refractivity contribution in [3.05, 3.63) is 36.5 Å². The molecule has 0 aromatic carbocycles. The van der Waals surface area contributed by atoms with Gasteiger partial charge in [-0.2, -0.15) is 0 Å². The zero-order chi connectivity index (χ0) is 13.0. The van der Waals surface area contributed by atoms with E-state index in [-0.39, 0.29) is 11.7 Å². The van der Waals surface area contributed by atoms with Gasteiger partial charge >= 0.3 is 5.97 Å². The molecule has 0 radical (unpaired) electrons. The van der Waals surface area contributed by atoms with Gasteiger partial charge in [0.15, 0.2) is 0 Å². The molecule has 3 heteroatoms. The topological polar surface area (TPSA) is 46.5 Å². The summed E-state index contributed by atoms with van der Waals surface area (Å²) in [5, 5.41) is 10.3. The molecular formula is C15H20O3. The lowest BCUT2D eigenvalue weighted by molar-refractivity contribution is -0.147. The number of rotatable bonds is 3. The van der Waals surface area contributed by atoms with Gasteiger partial charge in [-0.25, -0.2) is 4.79 Å². The molecule has 0 spiro atoms. The Labute approximate surface area is 108 Å². The molecule has 18 heavy (non-hydrogen) atoms. The van der Waals surface area contributed by atoms with Gasteiger partial charge < -0.3 is 9.84 Å². The van der Waals surface area contributed by atoms with Crippen molar-refractivity contribution in [1.82, 2.24) is 0 Å². The fourth-order valence-corrected chi connectivity index (χ4v) is 2.42. The summed E-state index contributed by atoms with van der Waals surface area (Å²) in [6, 6.07) is 0. The summed E-state index contributed by atoms with van der Waals surface area (Å²) in [6.45, 7) is 3.71. The Balaban J connectivity index is 1.94. The van der Waals surface area contributed by atoms with Crippen LogP contribution < -0.4 is 0 Å². The van der Waals surface area contributed by atoms with Crippen molar-refractivity contribution < 1.29 is 14.6 Å². The maximum Gasteiger partial charge on any atom is 0.336 e. The minimum Gasteiger partial charge on any atom is -0.459 e. The first-order valence-corrected chi connectivity index (χ1v) is 6.59. The highest BCUT2D eigenvalue weighted by molar-refractivity contribution is 5.90. The number of esters is 1. The Bertz CT molecular complexity index is 389. The lowest BCUT2D eigenvalue weighted by Gasteiger charge is -2.28. The minimum atomic E-state index is -1.28. The van der Waals surface area contributed by atoms with Gasteiger partial charge in [0.25, 0.3) is 0 Å². The number of hydrogen-bond donors (Lipinski definition) is 1. The third kappa shape index (κ3) is 2.91. The SMILES string of the molecule is C=C(C(=O)OC1CCCCC1)C1(O)C=CC=CC1. The summed E-state index contributed by atoms with van der Waals surface area (Å²) in [5.74, 6) is -0.468. The summed E-state index contributed by atoms with van der Waals surface area (Å²) in [5.41, 5.74) is -1.14. The quantitative estimate of drug-likeness (QED) is 0.617. The molecule has 1 atom stereocenters. The molecule has 1 fully saturated rings. The van der Waals surface area contributed by atoms with Crippen molar-refractivity contribution in [3.63, 3.8) is 0 Å². The fraction of sp³-hybridized carbons (Fsp3) is 0.533. The van der Waals surface area contributed by atoms with E-state index in [1.165, 1.54) is 6.42 Å². The highest BCUT2D eigenvalue weighted by atomic mass is 16.5. The molecule has 1 N–H and O–H groups in total. The van der Waals surface area contributed by atoms with E-state index in [2.05, 4.69) is 6.58 Å². The van der Waals surface area contributed by atoms with Gasteiger partial charge in [0, 0.05) is 6.42 Å². The van der Waals surface area contributed by atoms with Crippen LogP contribution in [0.4, 0.5) is 0 Å². The van der Waals surface area contributed by atoms with Gasteiger partial charge in [0.1, 0.15) is 11.7 Å². The number of hydrogen-bond acceptors (Lipinski definition) is 3. The predicted octanol–water partition coefficient (Wildman–Crippen LogP) is 2.67. The number of carbonyl (C=O) groups excluding carboxylic acids is 1. The fourth-order valence-electron chi connectivity index (χ4n) is 2.42. The summed E-state index contributed by atoms with van der Waals surface area (Å²) in [4.78, 5) is 12.0. The smallest absolute Gasteiger partial charge is 0.336 e. The Morgan fingerprint density at radius 2 is 2.00 bits per heavy atom. The molecule has 1 saturated carbocycles. The van der Waals surface area contributed by atoms with Gasteiger partial charge in [-0.15, -0.1) is 0 Å². The summed E-state index contributed by atoms with van der Waals surface area (Å²) < 4.78 is 5.42. The van der Waals surface area contributed by atoms with E-state index < -0.39 is 11.6 Å². The monoisotopic (exact) mass is 248 g/mol. The van der Waals surface area contributed by atoms with E-state index in [9.17, 15) is 9.90 Å². The molecule has 0 aliphatic heterocycles. The maximum absolute atomic E-state index is 12.0. The van der Waals surface area contributed by atoms with Crippen LogP contribution in [0.2, 0.25) is 0 Å². The highest BCUT2D eigenvalue weighted by Crippen LogP contribution is 2.28. The average molecular weight is 248 g/mol. The van der Waals surface area contributed by atoms with Crippen LogP contribution in [-0.2, 0) is 9.53 Å². The molecule has 0 heterocycles. The van der Waals surface area contributed by atoms with E-state index >= 15 is 0 Å². The second kappa shape index (κ2) is 5.53. The van der Waals surface area contributed by atoms with Crippen LogP contribution in [0.1, 0.15) is 38.5 Å². The van der Waals surface area contributed by atoms with Gasteiger partial charge in [-0.05, 0) is 31.8 Å². The number of aliphatic hydroxyl groups is 1. The van der Waals surface area contributed by atoms with Crippen LogP contribution in [0.25, 0.3) is 0 Å². The molecule has 2 aliphatic carbocycles. The lowest BCUT2D eigenvalue weighted by Crippen LogP contribution is -2.35. The maximum atomic E-state index is 12.0. The molecule has 3 nitrogen and oxygen atoms in total. The Morgan fingerprint density at radius 3 is 2.61 bits per heavy atom. The van der Waals surface area contributed by atoms with E-state index in [0.29, 0.717) is 6.42 Å². The first kappa shape index (κ1) is 13.1. The molecule has 2 rings (SSSR count). The molecule has 0 aromatic rings. The van der Waals surface area contributed by atoms with Crippen LogP contribution in [0, 0.1) is 0 Å². The van der Waals surface area contributed by atoms with Gasteiger partial charge in [0.05, 0.1) is 5.57 Å². The summed E-state index contributed by atoms with van der Waals surface area (Å²) >= 11 is 0. The Hall–Kier alpha value is -1.35. The van der Waals surface area contributed by atoms with E-state index in [1.807, 2.05) is 12.2 Å². The van der Waals surface area contributed by atoms with Gasteiger partial charge in [0.2, 0.25) is 0 Å². The predicted molar refractivity (Wildman–Crippen MR) is 70.0 cm³/mol. The van der Waals surface area contributed by atoms with Crippen LogP contribution >= 0.6 is 0 Å². The third-order valence-corrected chi connectivity index (χ3v) is 3.64. The Kier molecular flexibility index (Phi) is 4.02. The minimum absolute atomic E-state index is 0.00490. The highest BCUT2D eigenvalue weighted by Gasteiger charge is 2.33. The van der Waals surface area contributed by atoms with Crippen molar-refractivity contribution in [2.45, 2.75) is 50.2 Å². The van der Waals surface area contributed by atoms with Gasteiger partial charge in [-0.3, -0.25) is 0 Å². The van der Waals surface area contributed by atoms with Crippen LogP contribution in [0.5, 0.6) is 0 Å². The van der Waals surface area contributed by atoms with Crippen molar-refractivity contribution in [2.75, 3.05) is 0 Å². The van der Waals surface area contributed by atoms with Crippen LogP contribution in [0.3, 0.4) is 0 Å². The van der Waals surface area contributed by atoms with Crippen molar-refractivity contribution >= 4 is 5.97 Å². The third-order valence-electron chi connectivity index (χ3n) is 3.64. The first-order valence-electron chi connectivity index (χ1n) is 6.59. The second-order valence-corrected chi connectivity index (χ2v) is 5.06. The van der Waals surface area contributed by atoms with Crippen LogP contribution in [-0.4, -0.2) is 22.8 Å². The first-order chi connectivity index (χ1) is 8.62.